The first-order valence-electron chi connectivity index (χ1n) is 8.43. The molecule has 0 N–H and O–H groups in total. The van der Waals surface area contributed by atoms with E-state index in [0.29, 0.717) is 11.7 Å². The van der Waals surface area contributed by atoms with Crippen LogP contribution in [0.4, 0.5) is 0 Å². The Labute approximate surface area is 126 Å². The van der Waals surface area contributed by atoms with Crippen molar-refractivity contribution in [3.63, 3.8) is 0 Å². The molecule has 1 saturated carbocycles. The highest BCUT2D eigenvalue weighted by Gasteiger charge is 2.28. The van der Waals surface area contributed by atoms with Crippen LogP contribution in [0.3, 0.4) is 0 Å². The summed E-state index contributed by atoms with van der Waals surface area (Å²) in [7, 11) is 0. The van der Waals surface area contributed by atoms with Crippen molar-refractivity contribution < 1.29 is 4.79 Å². The lowest BCUT2D eigenvalue weighted by atomic mass is 9.78. The van der Waals surface area contributed by atoms with Crippen molar-refractivity contribution in [1.29, 1.82) is 0 Å². The van der Waals surface area contributed by atoms with E-state index in [4.69, 9.17) is 0 Å². The normalized spacial score (nSPS) is 26.9. The van der Waals surface area contributed by atoms with E-state index in [2.05, 4.69) is 13.0 Å². The summed E-state index contributed by atoms with van der Waals surface area (Å²) in [6.45, 7) is 2.27. The minimum absolute atomic E-state index is 0.316. The fraction of sp³-hybridized carbons (Fsp3) is 0.722. The fourth-order valence-electron chi connectivity index (χ4n) is 3.89. The molecule has 0 aliphatic heterocycles. The van der Waals surface area contributed by atoms with E-state index in [1.54, 1.807) is 0 Å². The van der Waals surface area contributed by atoms with Crippen LogP contribution in [-0.2, 0) is 12.8 Å². The molecular formula is C18H26OS. The Morgan fingerprint density at radius 3 is 2.90 bits per heavy atom. The second-order valence-corrected chi connectivity index (χ2v) is 7.76. The maximum atomic E-state index is 12.8. The molecule has 0 bridgehead atoms. The Bertz CT molecular complexity index is 450. The summed E-state index contributed by atoms with van der Waals surface area (Å²) < 4.78 is 0. The van der Waals surface area contributed by atoms with E-state index in [-0.39, 0.29) is 0 Å². The van der Waals surface area contributed by atoms with Gasteiger partial charge in [-0.25, -0.2) is 0 Å². The number of hydrogen-bond donors (Lipinski definition) is 0. The van der Waals surface area contributed by atoms with E-state index in [0.717, 1.165) is 23.6 Å². The third-order valence-electron chi connectivity index (χ3n) is 5.22. The first-order chi connectivity index (χ1) is 9.78. The Morgan fingerprint density at radius 1 is 1.20 bits per heavy atom. The van der Waals surface area contributed by atoms with Crippen LogP contribution in [0.1, 0.15) is 78.4 Å². The zero-order valence-corrected chi connectivity index (χ0v) is 13.4. The third kappa shape index (κ3) is 3.00. The molecule has 0 spiro atoms. The standard InChI is InChI=1S/C18H26OS/c1-2-13-7-6-9-15(11-13)18(19)17-12-14-8-4-3-5-10-16(14)20-17/h12-13,15H,2-11H2,1H3. The van der Waals surface area contributed by atoms with Gasteiger partial charge in [-0.15, -0.1) is 11.3 Å². The van der Waals surface area contributed by atoms with Gasteiger partial charge in [0.1, 0.15) is 0 Å². The highest BCUT2D eigenvalue weighted by atomic mass is 32.1. The average molecular weight is 290 g/mol. The molecular weight excluding hydrogens is 264 g/mol. The molecule has 1 aromatic rings. The van der Waals surface area contributed by atoms with Gasteiger partial charge in [-0.2, -0.15) is 0 Å². The van der Waals surface area contributed by atoms with Gasteiger partial charge in [-0.1, -0.05) is 32.6 Å². The lowest BCUT2D eigenvalue weighted by Gasteiger charge is -2.27. The second-order valence-electron chi connectivity index (χ2n) is 6.62. The predicted molar refractivity (Wildman–Crippen MR) is 85.6 cm³/mol. The van der Waals surface area contributed by atoms with Gasteiger partial charge < -0.3 is 0 Å². The Morgan fingerprint density at radius 2 is 2.05 bits per heavy atom. The highest BCUT2D eigenvalue weighted by Crippen LogP contribution is 2.36. The number of thiophene rings is 1. The van der Waals surface area contributed by atoms with Gasteiger partial charge in [0, 0.05) is 10.8 Å². The van der Waals surface area contributed by atoms with Gasteiger partial charge in [0.15, 0.2) is 5.78 Å². The van der Waals surface area contributed by atoms with Gasteiger partial charge in [0.25, 0.3) is 0 Å². The molecule has 0 amide bonds. The zero-order valence-electron chi connectivity index (χ0n) is 12.6. The highest BCUT2D eigenvalue weighted by molar-refractivity contribution is 7.14. The summed E-state index contributed by atoms with van der Waals surface area (Å²) in [4.78, 5) is 15.4. The molecule has 2 atom stereocenters. The molecule has 20 heavy (non-hydrogen) atoms. The molecule has 3 rings (SSSR count). The van der Waals surface area contributed by atoms with Crippen LogP contribution >= 0.6 is 11.3 Å². The average Bonchev–Trinajstić information content (AvgIpc) is 2.77. The molecule has 1 fully saturated rings. The Hall–Kier alpha value is -0.630. The molecule has 0 aromatic carbocycles. The van der Waals surface area contributed by atoms with Crippen molar-refractivity contribution in [3.05, 3.63) is 21.4 Å². The summed E-state index contributed by atoms with van der Waals surface area (Å²) in [6, 6.07) is 2.24. The number of Topliss-reactive ketones (excluding diaryl/α,β-unsaturated/α-hetero) is 1. The first kappa shape index (κ1) is 14.3. The molecule has 2 heteroatoms. The lowest BCUT2D eigenvalue weighted by molar-refractivity contribution is 0.0866. The van der Waals surface area contributed by atoms with E-state index in [1.165, 1.54) is 61.8 Å². The summed E-state index contributed by atoms with van der Waals surface area (Å²) in [5.41, 5.74) is 1.48. The molecule has 2 aliphatic rings. The second kappa shape index (κ2) is 6.43. The summed E-state index contributed by atoms with van der Waals surface area (Å²) in [5, 5.41) is 0. The summed E-state index contributed by atoms with van der Waals surface area (Å²) in [5.74, 6) is 1.56. The van der Waals surface area contributed by atoms with E-state index >= 15 is 0 Å². The van der Waals surface area contributed by atoms with E-state index in [9.17, 15) is 4.79 Å². The molecule has 2 unspecified atom stereocenters. The van der Waals surface area contributed by atoms with Crippen molar-refractivity contribution in [2.75, 3.05) is 0 Å². The largest absolute Gasteiger partial charge is 0.293 e. The molecule has 2 aliphatic carbocycles. The fourth-order valence-corrected chi connectivity index (χ4v) is 5.16. The SMILES string of the molecule is CCC1CCCC(C(=O)c2cc3c(s2)CCCCC3)C1. The number of fused-ring (bicyclic) bond motifs is 1. The predicted octanol–water partition coefficient (Wildman–Crippen LogP) is 5.42. The minimum atomic E-state index is 0.316. The van der Waals surface area contributed by atoms with Crippen molar-refractivity contribution in [2.24, 2.45) is 11.8 Å². The van der Waals surface area contributed by atoms with Crippen molar-refractivity contribution in [2.45, 2.75) is 71.1 Å². The summed E-state index contributed by atoms with van der Waals surface area (Å²) in [6.07, 6.45) is 12.4. The smallest absolute Gasteiger partial charge is 0.175 e. The molecule has 0 saturated heterocycles. The summed E-state index contributed by atoms with van der Waals surface area (Å²) >= 11 is 1.81. The van der Waals surface area contributed by atoms with Crippen LogP contribution in [0.15, 0.2) is 6.07 Å². The number of carbonyl (C=O) groups excluding carboxylic acids is 1. The molecule has 1 nitrogen and oxygen atoms in total. The quantitative estimate of drug-likeness (QED) is 0.537. The number of carbonyl (C=O) groups is 1. The van der Waals surface area contributed by atoms with Crippen molar-refractivity contribution in [1.82, 2.24) is 0 Å². The van der Waals surface area contributed by atoms with E-state index in [1.807, 2.05) is 11.3 Å². The van der Waals surface area contributed by atoms with Crippen LogP contribution in [0.25, 0.3) is 0 Å². The molecule has 110 valence electrons. The van der Waals surface area contributed by atoms with Crippen LogP contribution in [0.2, 0.25) is 0 Å². The van der Waals surface area contributed by atoms with Crippen LogP contribution in [-0.4, -0.2) is 5.78 Å². The van der Waals surface area contributed by atoms with Gasteiger partial charge >= 0.3 is 0 Å². The maximum Gasteiger partial charge on any atom is 0.175 e. The van der Waals surface area contributed by atoms with Gasteiger partial charge in [-0.05, 0) is 56.1 Å². The molecule has 0 radical (unpaired) electrons. The maximum absolute atomic E-state index is 12.8. The Kier molecular flexibility index (Phi) is 4.60. The number of hydrogen-bond acceptors (Lipinski definition) is 2. The van der Waals surface area contributed by atoms with Crippen LogP contribution < -0.4 is 0 Å². The molecule has 1 aromatic heterocycles. The monoisotopic (exact) mass is 290 g/mol. The van der Waals surface area contributed by atoms with Gasteiger partial charge in [-0.3, -0.25) is 4.79 Å². The topological polar surface area (TPSA) is 17.1 Å². The zero-order chi connectivity index (χ0) is 13.9. The number of ketones is 1. The van der Waals surface area contributed by atoms with Crippen LogP contribution in [0, 0.1) is 11.8 Å². The van der Waals surface area contributed by atoms with Gasteiger partial charge in [0.05, 0.1) is 4.88 Å². The minimum Gasteiger partial charge on any atom is -0.293 e. The molecule has 1 heterocycles. The van der Waals surface area contributed by atoms with Crippen molar-refractivity contribution >= 4 is 17.1 Å². The van der Waals surface area contributed by atoms with Gasteiger partial charge in [0.2, 0.25) is 0 Å². The Balaban J connectivity index is 1.73. The van der Waals surface area contributed by atoms with Crippen LogP contribution in [0.5, 0.6) is 0 Å². The number of rotatable bonds is 3. The lowest BCUT2D eigenvalue weighted by Crippen LogP contribution is -2.22. The van der Waals surface area contributed by atoms with E-state index < -0.39 is 0 Å². The third-order valence-corrected chi connectivity index (χ3v) is 6.47. The van der Waals surface area contributed by atoms with Crippen molar-refractivity contribution in [3.8, 4) is 0 Å². The first-order valence-corrected chi connectivity index (χ1v) is 9.25. The number of aryl methyl sites for hydroxylation is 2.